The van der Waals surface area contributed by atoms with E-state index in [4.69, 9.17) is 4.74 Å². The molecule has 0 bridgehead atoms. The van der Waals surface area contributed by atoms with Gasteiger partial charge < -0.3 is 25.2 Å². The first-order chi connectivity index (χ1) is 14.0. The molecule has 29 heavy (non-hydrogen) atoms. The standard InChI is InChI=1S/C22H28N4O3/c1-16-14-25(3)20-7-5-4-6-17(20)15-26(16)22(28)24-18-8-10-19(11-9-18)29-13-12-21(27)23-2/h4-11,16H,12-15H2,1-3H3,(H,23,27)(H,24,28)/t16-/m0/s1. The second kappa shape index (κ2) is 9.32. The van der Waals surface area contributed by atoms with Gasteiger partial charge in [0.05, 0.1) is 13.0 Å². The summed E-state index contributed by atoms with van der Waals surface area (Å²) < 4.78 is 5.55. The van der Waals surface area contributed by atoms with Gasteiger partial charge in [0, 0.05) is 44.6 Å². The molecule has 2 N–H and O–H groups in total. The van der Waals surface area contributed by atoms with Gasteiger partial charge in [0.1, 0.15) is 5.75 Å². The minimum atomic E-state index is -0.129. The Morgan fingerprint density at radius 3 is 2.59 bits per heavy atom. The molecule has 0 unspecified atom stereocenters. The van der Waals surface area contributed by atoms with Crippen molar-refractivity contribution < 1.29 is 14.3 Å². The fourth-order valence-electron chi connectivity index (χ4n) is 3.44. The number of hydrogen-bond acceptors (Lipinski definition) is 4. The number of hydrogen-bond donors (Lipinski definition) is 2. The third-order valence-electron chi connectivity index (χ3n) is 5.06. The van der Waals surface area contributed by atoms with Crippen molar-refractivity contribution in [2.75, 3.05) is 37.5 Å². The van der Waals surface area contributed by atoms with Crippen LogP contribution in [-0.4, -0.2) is 50.1 Å². The molecule has 0 saturated heterocycles. The lowest BCUT2D eigenvalue weighted by Gasteiger charge is -2.28. The Morgan fingerprint density at radius 1 is 1.14 bits per heavy atom. The number of anilines is 2. The molecule has 3 rings (SSSR count). The average Bonchev–Trinajstić information content (AvgIpc) is 2.85. The molecule has 2 aromatic rings. The van der Waals surface area contributed by atoms with Crippen LogP contribution in [0.2, 0.25) is 0 Å². The molecule has 1 heterocycles. The summed E-state index contributed by atoms with van der Waals surface area (Å²) >= 11 is 0. The number of fused-ring (bicyclic) bond motifs is 1. The molecule has 1 aliphatic rings. The Hall–Kier alpha value is -3.22. The third-order valence-corrected chi connectivity index (χ3v) is 5.06. The first kappa shape index (κ1) is 20.5. The maximum absolute atomic E-state index is 12.9. The first-order valence-electron chi connectivity index (χ1n) is 9.78. The van der Waals surface area contributed by atoms with E-state index in [1.165, 1.54) is 0 Å². The lowest BCUT2D eigenvalue weighted by molar-refractivity contribution is -0.121. The van der Waals surface area contributed by atoms with Crippen molar-refractivity contribution in [3.05, 3.63) is 54.1 Å². The van der Waals surface area contributed by atoms with Crippen LogP contribution in [0.5, 0.6) is 5.75 Å². The smallest absolute Gasteiger partial charge is 0.322 e. The minimum Gasteiger partial charge on any atom is -0.493 e. The van der Waals surface area contributed by atoms with Gasteiger partial charge >= 0.3 is 6.03 Å². The van der Waals surface area contributed by atoms with E-state index in [0.29, 0.717) is 31.0 Å². The number of nitrogens with zero attached hydrogens (tertiary/aromatic N) is 2. The molecule has 7 nitrogen and oxygen atoms in total. The van der Waals surface area contributed by atoms with Gasteiger partial charge in [-0.1, -0.05) is 18.2 Å². The van der Waals surface area contributed by atoms with Crippen LogP contribution >= 0.6 is 0 Å². The molecule has 1 aliphatic heterocycles. The monoisotopic (exact) mass is 396 g/mol. The number of likely N-dealkylation sites (N-methyl/N-ethyl adjacent to an activating group) is 1. The fraction of sp³-hybridized carbons (Fsp3) is 0.364. The molecular weight excluding hydrogens is 368 g/mol. The lowest BCUT2D eigenvalue weighted by Crippen LogP contribution is -2.44. The molecular formula is C22H28N4O3. The van der Waals surface area contributed by atoms with Crippen molar-refractivity contribution >= 4 is 23.3 Å². The van der Waals surface area contributed by atoms with Crippen molar-refractivity contribution in [1.29, 1.82) is 0 Å². The molecule has 0 saturated carbocycles. The van der Waals surface area contributed by atoms with Gasteiger partial charge in [-0.25, -0.2) is 4.79 Å². The second-order valence-electron chi connectivity index (χ2n) is 7.21. The number of carbonyl (C=O) groups is 2. The van der Waals surface area contributed by atoms with E-state index < -0.39 is 0 Å². The summed E-state index contributed by atoms with van der Waals surface area (Å²) in [6.07, 6.45) is 0.303. The minimum absolute atomic E-state index is 0.0623. The summed E-state index contributed by atoms with van der Waals surface area (Å²) in [7, 11) is 3.65. The normalized spacial score (nSPS) is 15.9. The molecule has 1 atom stereocenters. The zero-order chi connectivity index (χ0) is 20.8. The highest BCUT2D eigenvalue weighted by molar-refractivity contribution is 5.89. The summed E-state index contributed by atoms with van der Waals surface area (Å²) in [5, 5.41) is 5.53. The lowest BCUT2D eigenvalue weighted by atomic mass is 10.1. The number of benzene rings is 2. The van der Waals surface area contributed by atoms with E-state index in [2.05, 4.69) is 41.6 Å². The summed E-state index contributed by atoms with van der Waals surface area (Å²) in [5.41, 5.74) is 2.99. The summed E-state index contributed by atoms with van der Waals surface area (Å²) in [6.45, 7) is 3.70. The van der Waals surface area contributed by atoms with E-state index >= 15 is 0 Å². The highest BCUT2D eigenvalue weighted by Gasteiger charge is 2.26. The third kappa shape index (κ3) is 5.19. The Balaban J connectivity index is 1.61. The Labute approximate surface area is 171 Å². The Morgan fingerprint density at radius 2 is 1.86 bits per heavy atom. The summed E-state index contributed by atoms with van der Waals surface area (Å²) in [6, 6.07) is 15.3. The molecule has 0 radical (unpaired) electrons. The summed E-state index contributed by atoms with van der Waals surface area (Å²) in [4.78, 5) is 28.2. The molecule has 0 aliphatic carbocycles. The number of carbonyl (C=O) groups excluding carboxylic acids is 2. The molecule has 7 heteroatoms. The first-order valence-corrected chi connectivity index (χ1v) is 9.78. The highest BCUT2D eigenvalue weighted by Crippen LogP contribution is 2.26. The number of nitrogens with one attached hydrogen (secondary N) is 2. The Kier molecular flexibility index (Phi) is 6.59. The molecule has 0 aromatic heterocycles. The van der Waals surface area contributed by atoms with E-state index in [0.717, 1.165) is 17.8 Å². The fourth-order valence-corrected chi connectivity index (χ4v) is 3.44. The van der Waals surface area contributed by atoms with Gasteiger partial charge in [0.15, 0.2) is 0 Å². The largest absolute Gasteiger partial charge is 0.493 e. The van der Waals surface area contributed by atoms with Crippen LogP contribution in [-0.2, 0) is 11.3 Å². The number of rotatable bonds is 5. The number of urea groups is 1. The predicted octanol–water partition coefficient (Wildman–Crippen LogP) is 3.07. The van der Waals surface area contributed by atoms with E-state index in [1.54, 1.807) is 31.3 Å². The van der Waals surface area contributed by atoms with Crippen molar-refractivity contribution in [2.24, 2.45) is 0 Å². The SMILES string of the molecule is CNC(=O)CCOc1ccc(NC(=O)N2Cc3ccccc3N(C)C[C@@H]2C)cc1. The van der Waals surface area contributed by atoms with Crippen LogP contribution in [0.15, 0.2) is 48.5 Å². The maximum atomic E-state index is 12.9. The number of ether oxygens (including phenoxy) is 1. The van der Waals surface area contributed by atoms with Crippen LogP contribution in [0.1, 0.15) is 18.9 Å². The van der Waals surface area contributed by atoms with Crippen molar-refractivity contribution in [3.8, 4) is 5.75 Å². The van der Waals surface area contributed by atoms with Crippen LogP contribution in [0.3, 0.4) is 0 Å². The van der Waals surface area contributed by atoms with E-state index in [9.17, 15) is 9.59 Å². The zero-order valence-electron chi connectivity index (χ0n) is 17.1. The van der Waals surface area contributed by atoms with Crippen LogP contribution in [0.25, 0.3) is 0 Å². The number of amides is 3. The Bertz CT molecular complexity index is 853. The van der Waals surface area contributed by atoms with Gasteiger partial charge in [-0.15, -0.1) is 0 Å². The number of para-hydroxylation sites is 1. The van der Waals surface area contributed by atoms with Crippen molar-refractivity contribution in [3.63, 3.8) is 0 Å². The summed E-state index contributed by atoms with van der Waals surface area (Å²) in [5.74, 6) is 0.596. The van der Waals surface area contributed by atoms with Crippen molar-refractivity contribution in [1.82, 2.24) is 10.2 Å². The molecule has 3 amide bonds. The van der Waals surface area contributed by atoms with Crippen LogP contribution < -0.4 is 20.3 Å². The molecule has 0 fully saturated rings. The van der Waals surface area contributed by atoms with Gasteiger partial charge in [-0.2, -0.15) is 0 Å². The van der Waals surface area contributed by atoms with E-state index in [-0.39, 0.29) is 18.0 Å². The predicted molar refractivity (Wildman–Crippen MR) is 114 cm³/mol. The van der Waals surface area contributed by atoms with Gasteiger partial charge in [0.2, 0.25) is 5.91 Å². The quantitative estimate of drug-likeness (QED) is 0.815. The molecule has 2 aromatic carbocycles. The average molecular weight is 396 g/mol. The van der Waals surface area contributed by atoms with Crippen LogP contribution in [0, 0.1) is 0 Å². The zero-order valence-corrected chi connectivity index (χ0v) is 17.1. The van der Waals surface area contributed by atoms with Crippen LogP contribution in [0.4, 0.5) is 16.2 Å². The van der Waals surface area contributed by atoms with Gasteiger partial charge in [-0.05, 0) is 42.8 Å². The van der Waals surface area contributed by atoms with Gasteiger partial charge in [0.25, 0.3) is 0 Å². The molecule has 154 valence electrons. The van der Waals surface area contributed by atoms with E-state index in [1.807, 2.05) is 17.0 Å². The topological polar surface area (TPSA) is 73.9 Å². The molecule has 0 spiro atoms. The van der Waals surface area contributed by atoms with Crippen molar-refractivity contribution in [2.45, 2.75) is 25.9 Å². The second-order valence-corrected chi connectivity index (χ2v) is 7.21. The maximum Gasteiger partial charge on any atom is 0.322 e. The highest BCUT2D eigenvalue weighted by atomic mass is 16.5. The van der Waals surface area contributed by atoms with Gasteiger partial charge in [-0.3, -0.25) is 4.79 Å².